The highest BCUT2D eigenvalue weighted by molar-refractivity contribution is 5.99. The first-order valence-electron chi connectivity index (χ1n) is 6.05. The Morgan fingerprint density at radius 3 is 2.58 bits per heavy atom. The number of ether oxygens (including phenoxy) is 1. The lowest BCUT2D eigenvalue weighted by Gasteiger charge is -2.07. The fourth-order valence-corrected chi connectivity index (χ4v) is 2.14. The standard InChI is InChI=1S/C14H16N2O3/c1-9(17)14-8-11-7-12(19-10(2)18)3-4-13(11)16(14)6-5-15/h3-4,7-8H,5-6,15H2,1-2H3. The van der Waals surface area contributed by atoms with Crippen molar-refractivity contribution < 1.29 is 14.3 Å². The topological polar surface area (TPSA) is 74.3 Å². The zero-order chi connectivity index (χ0) is 14.0. The molecule has 0 bridgehead atoms. The quantitative estimate of drug-likeness (QED) is 0.516. The van der Waals surface area contributed by atoms with Crippen molar-refractivity contribution in [3.63, 3.8) is 0 Å². The van der Waals surface area contributed by atoms with E-state index >= 15 is 0 Å². The van der Waals surface area contributed by atoms with Crippen LogP contribution in [0.2, 0.25) is 0 Å². The van der Waals surface area contributed by atoms with E-state index in [4.69, 9.17) is 10.5 Å². The summed E-state index contributed by atoms with van der Waals surface area (Å²) in [6.45, 7) is 3.90. The van der Waals surface area contributed by atoms with Crippen molar-refractivity contribution in [2.75, 3.05) is 6.54 Å². The first kappa shape index (κ1) is 13.3. The summed E-state index contributed by atoms with van der Waals surface area (Å²) >= 11 is 0. The molecule has 0 aliphatic rings. The number of Topliss-reactive ketones (excluding diaryl/α,β-unsaturated/α-hetero) is 1. The number of hydrogen-bond acceptors (Lipinski definition) is 4. The van der Waals surface area contributed by atoms with Gasteiger partial charge in [-0.15, -0.1) is 0 Å². The van der Waals surface area contributed by atoms with Crippen molar-refractivity contribution in [2.45, 2.75) is 20.4 Å². The number of nitrogens with zero attached hydrogens (tertiary/aromatic N) is 1. The number of rotatable bonds is 4. The van der Waals surface area contributed by atoms with E-state index in [-0.39, 0.29) is 11.8 Å². The van der Waals surface area contributed by atoms with Crippen LogP contribution in [0.1, 0.15) is 24.3 Å². The lowest BCUT2D eigenvalue weighted by molar-refractivity contribution is -0.131. The number of benzene rings is 1. The second-order valence-electron chi connectivity index (χ2n) is 4.34. The number of ketones is 1. The third-order valence-electron chi connectivity index (χ3n) is 2.85. The predicted octanol–water partition coefficient (Wildman–Crippen LogP) is 1.73. The third-order valence-corrected chi connectivity index (χ3v) is 2.85. The van der Waals surface area contributed by atoms with Crippen molar-refractivity contribution in [3.8, 4) is 5.75 Å². The molecule has 0 radical (unpaired) electrons. The molecule has 0 atom stereocenters. The van der Waals surface area contributed by atoms with Gasteiger partial charge in [0.05, 0.1) is 5.69 Å². The molecular weight excluding hydrogens is 244 g/mol. The van der Waals surface area contributed by atoms with Crippen LogP contribution in [0.25, 0.3) is 10.9 Å². The fourth-order valence-electron chi connectivity index (χ4n) is 2.14. The second-order valence-corrected chi connectivity index (χ2v) is 4.34. The molecule has 1 heterocycles. The molecule has 2 rings (SSSR count). The van der Waals surface area contributed by atoms with E-state index in [0.29, 0.717) is 24.5 Å². The summed E-state index contributed by atoms with van der Waals surface area (Å²) in [5, 5.41) is 0.859. The van der Waals surface area contributed by atoms with Crippen LogP contribution >= 0.6 is 0 Å². The first-order chi connectivity index (χ1) is 9.02. The van der Waals surface area contributed by atoms with Gasteiger partial charge in [-0.2, -0.15) is 0 Å². The highest BCUT2D eigenvalue weighted by atomic mass is 16.5. The predicted molar refractivity (Wildman–Crippen MR) is 72.3 cm³/mol. The van der Waals surface area contributed by atoms with E-state index in [2.05, 4.69) is 0 Å². The molecule has 0 unspecified atom stereocenters. The molecule has 0 aliphatic carbocycles. The van der Waals surface area contributed by atoms with Gasteiger partial charge in [0.2, 0.25) is 0 Å². The Balaban J connectivity index is 2.55. The Labute approximate surface area is 110 Å². The largest absolute Gasteiger partial charge is 0.427 e. The monoisotopic (exact) mass is 260 g/mol. The minimum Gasteiger partial charge on any atom is -0.427 e. The normalized spacial score (nSPS) is 10.7. The van der Waals surface area contributed by atoms with E-state index in [1.165, 1.54) is 13.8 Å². The van der Waals surface area contributed by atoms with E-state index in [1.807, 2.05) is 10.6 Å². The number of carbonyl (C=O) groups excluding carboxylic acids is 2. The molecule has 5 heteroatoms. The lowest BCUT2D eigenvalue weighted by atomic mass is 10.2. The van der Waals surface area contributed by atoms with Crippen LogP contribution in [0.5, 0.6) is 5.75 Å². The van der Waals surface area contributed by atoms with Crippen molar-refractivity contribution in [1.82, 2.24) is 4.57 Å². The molecule has 0 amide bonds. The molecule has 0 fully saturated rings. The highest BCUT2D eigenvalue weighted by Crippen LogP contribution is 2.25. The van der Waals surface area contributed by atoms with Crippen molar-refractivity contribution in [3.05, 3.63) is 30.0 Å². The minimum atomic E-state index is -0.368. The molecular formula is C14H16N2O3. The van der Waals surface area contributed by atoms with Gasteiger partial charge in [0, 0.05) is 37.8 Å². The molecule has 1 aromatic heterocycles. The smallest absolute Gasteiger partial charge is 0.308 e. The van der Waals surface area contributed by atoms with Crippen LogP contribution in [0.4, 0.5) is 0 Å². The summed E-state index contributed by atoms with van der Waals surface area (Å²) < 4.78 is 6.92. The van der Waals surface area contributed by atoms with Crippen molar-refractivity contribution in [2.24, 2.45) is 5.73 Å². The summed E-state index contributed by atoms with van der Waals surface area (Å²) in [5.74, 6) is 0.0891. The summed E-state index contributed by atoms with van der Waals surface area (Å²) in [4.78, 5) is 22.6. The Bertz CT molecular complexity index is 643. The lowest BCUT2D eigenvalue weighted by Crippen LogP contribution is -2.13. The summed E-state index contributed by atoms with van der Waals surface area (Å²) in [5.41, 5.74) is 7.09. The van der Waals surface area contributed by atoms with E-state index in [9.17, 15) is 9.59 Å². The maximum absolute atomic E-state index is 11.6. The molecule has 5 nitrogen and oxygen atoms in total. The van der Waals surface area contributed by atoms with Gasteiger partial charge in [0.15, 0.2) is 5.78 Å². The van der Waals surface area contributed by atoms with Gasteiger partial charge in [0.1, 0.15) is 5.75 Å². The average Bonchev–Trinajstić information content (AvgIpc) is 2.67. The number of esters is 1. The van der Waals surface area contributed by atoms with Gasteiger partial charge in [0.25, 0.3) is 0 Å². The van der Waals surface area contributed by atoms with Gasteiger partial charge in [-0.05, 0) is 24.3 Å². The Hall–Kier alpha value is -2.14. The van der Waals surface area contributed by atoms with Crippen LogP contribution in [0.15, 0.2) is 24.3 Å². The Kier molecular flexibility index (Phi) is 3.66. The van der Waals surface area contributed by atoms with Gasteiger partial charge in [-0.25, -0.2) is 0 Å². The maximum atomic E-state index is 11.6. The van der Waals surface area contributed by atoms with Crippen LogP contribution in [-0.4, -0.2) is 22.9 Å². The molecule has 19 heavy (non-hydrogen) atoms. The molecule has 2 N–H and O–H groups in total. The molecule has 0 saturated heterocycles. The Morgan fingerprint density at radius 2 is 2.00 bits per heavy atom. The van der Waals surface area contributed by atoms with E-state index < -0.39 is 0 Å². The van der Waals surface area contributed by atoms with Crippen LogP contribution in [0, 0.1) is 0 Å². The number of carbonyl (C=O) groups is 2. The summed E-state index contributed by atoms with van der Waals surface area (Å²) in [6, 6.07) is 7.08. The molecule has 1 aromatic carbocycles. The van der Waals surface area contributed by atoms with Crippen LogP contribution in [0.3, 0.4) is 0 Å². The number of fused-ring (bicyclic) bond motifs is 1. The zero-order valence-corrected chi connectivity index (χ0v) is 11.0. The fraction of sp³-hybridized carbons (Fsp3) is 0.286. The van der Waals surface area contributed by atoms with E-state index in [0.717, 1.165) is 10.9 Å². The van der Waals surface area contributed by atoms with Gasteiger partial charge in [-0.3, -0.25) is 9.59 Å². The molecule has 2 aromatic rings. The van der Waals surface area contributed by atoms with Gasteiger partial charge >= 0.3 is 5.97 Å². The summed E-state index contributed by atoms with van der Waals surface area (Å²) in [7, 11) is 0. The molecule has 0 saturated carbocycles. The number of aromatic nitrogens is 1. The minimum absolute atomic E-state index is 0.0151. The number of hydrogen-bond donors (Lipinski definition) is 1. The number of nitrogens with two attached hydrogens (primary N) is 1. The highest BCUT2D eigenvalue weighted by Gasteiger charge is 2.12. The van der Waals surface area contributed by atoms with Crippen LogP contribution < -0.4 is 10.5 Å². The molecule has 100 valence electrons. The maximum Gasteiger partial charge on any atom is 0.308 e. The molecule has 0 aliphatic heterocycles. The third kappa shape index (κ3) is 2.66. The zero-order valence-electron chi connectivity index (χ0n) is 11.0. The van der Waals surface area contributed by atoms with E-state index in [1.54, 1.807) is 18.2 Å². The average molecular weight is 260 g/mol. The Morgan fingerprint density at radius 1 is 1.26 bits per heavy atom. The van der Waals surface area contributed by atoms with Crippen LogP contribution in [-0.2, 0) is 11.3 Å². The van der Waals surface area contributed by atoms with Gasteiger partial charge < -0.3 is 15.0 Å². The second kappa shape index (κ2) is 5.24. The molecule has 0 spiro atoms. The first-order valence-corrected chi connectivity index (χ1v) is 6.05. The van der Waals surface area contributed by atoms with Crippen molar-refractivity contribution in [1.29, 1.82) is 0 Å². The van der Waals surface area contributed by atoms with Crippen molar-refractivity contribution >= 4 is 22.7 Å². The van der Waals surface area contributed by atoms with Gasteiger partial charge in [-0.1, -0.05) is 0 Å². The SMILES string of the molecule is CC(=O)Oc1ccc2c(c1)cc(C(C)=O)n2CCN. The summed E-state index contributed by atoms with van der Waals surface area (Å²) in [6.07, 6.45) is 0.